The van der Waals surface area contributed by atoms with Gasteiger partial charge in [0.25, 0.3) is 0 Å². The molecule has 6 rings (SSSR count). The van der Waals surface area contributed by atoms with Gasteiger partial charge in [0.1, 0.15) is 30.2 Å². The van der Waals surface area contributed by atoms with Gasteiger partial charge in [-0.1, -0.05) is 41.4 Å². The number of unbranched alkanes of at least 4 members (excludes halogenated alkanes) is 1. The lowest BCUT2D eigenvalue weighted by atomic mass is 9.96. The summed E-state index contributed by atoms with van der Waals surface area (Å²) < 4.78 is 18.0. The van der Waals surface area contributed by atoms with Crippen LogP contribution in [0.3, 0.4) is 0 Å². The van der Waals surface area contributed by atoms with Crippen molar-refractivity contribution in [2.24, 2.45) is 0 Å². The Kier molecular flexibility index (Phi) is 10.6. The lowest BCUT2D eigenvalue weighted by molar-refractivity contribution is -0.107. The molecule has 0 radical (unpaired) electrons. The van der Waals surface area contributed by atoms with Gasteiger partial charge in [0, 0.05) is 40.1 Å². The third-order valence-electron chi connectivity index (χ3n) is 9.08. The molecular formula is C35H40Cl2N2O8. The first-order valence-corrected chi connectivity index (χ1v) is 16.9. The third kappa shape index (κ3) is 7.86. The highest BCUT2D eigenvalue weighted by atomic mass is 35.5. The van der Waals surface area contributed by atoms with Crippen molar-refractivity contribution in [3.05, 3.63) is 81.6 Å². The Balaban J connectivity index is 1.03. The lowest BCUT2D eigenvalue weighted by Gasteiger charge is -2.24. The van der Waals surface area contributed by atoms with Gasteiger partial charge in [-0.25, -0.2) is 4.79 Å². The van der Waals surface area contributed by atoms with E-state index in [-0.39, 0.29) is 12.6 Å². The number of carbonyl (C=O) groups excluding carboxylic acids is 1. The maximum atomic E-state index is 12.3. The van der Waals surface area contributed by atoms with Gasteiger partial charge >= 0.3 is 6.09 Å². The molecule has 4 atom stereocenters. The molecule has 2 aromatic carbocycles. The molecule has 1 amide bonds. The van der Waals surface area contributed by atoms with Crippen LogP contribution < -0.4 is 4.74 Å². The van der Waals surface area contributed by atoms with Gasteiger partial charge in [-0.15, -0.1) is 0 Å². The van der Waals surface area contributed by atoms with E-state index in [1.807, 2.05) is 42.6 Å². The van der Waals surface area contributed by atoms with E-state index >= 15 is 0 Å². The molecule has 47 heavy (non-hydrogen) atoms. The number of aliphatic hydroxyl groups is 4. The van der Waals surface area contributed by atoms with Crippen LogP contribution in [0.4, 0.5) is 4.79 Å². The number of rotatable bonds is 16. The van der Waals surface area contributed by atoms with Crippen molar-refractivity contribution in [1.82, 2.24) is 9.88 Å². The number of aliphatic hydroxyl groups excluding tert-OH is 4. The number of benzene rings is 2. The zero-order chi connectivity index (χ0) is 33.1. The van der Waals surface area contributed by atoms with E-state index in [4.69, 9.17) is 42.5 Å². The van der Waals surface area contributed by atoms with E-state index < -0.39 is 42.7 Å². The number of aromatic nitrogens is 1. The molecule has 3 aromatic rings. The van der Waals surface area contributed by atoms with Crippen LogP contribution in [0, 0.1) is 0 Å². The molecule has 10 nitrogen and oxygen atoms in total. The summed E-state index contributed by atoms with van der Waals surface area (Å²) in [6.45, 7) is 0.0243. The number of aryl methyl sites for hydroxylation is 1. The van der Waals surface area contributed by atoms with Crippen molar-refractivity contribution in [3.63, 3.8) is 0 Å². The molecule has 0 bridgehead atoms. The highest BCUT2D eigenvalue weighted by molar-refractivity contribution is 6.34. The minimum Gasteiger partial charge on any atom is -0.490 e. The predicted molar refractivity (Wildman–Crippen MR) is 175 cm³/mol. The van der Waals surface area contributed by atoms with Crippen molar-refractivity contribution in [3.8, 4) is 16.9 Å². The van der Waals surface area contributed by atoms with Crippen LogP contribution in [0.25, 0.3) is 11.1 Å². The monoisotopic (exact) mass is 686 g/mol. The number of amides is 1. The molecular weight excluding hydrogens is 647 g/mol. The van der Waals surface area contributed by atoms with Crippen molar-refractivity contribution >= 4 is 29.3 Å². The summed E-state index contributed by atoms with van der Waals surface area (Å²) >= 11 is 13.4. The minimum atomic E-state index is -1.63. The highest BCUT2D eigenvalue weighted by Crippen LogP contribution is 2.53. The van der Waals surface area contributed by atoms with E-state index in [0.717, 1.165) is 59.3 Å². The molecule has 3 fully saturated rings. The lowest BCUT2D eigenvalue weighted by Crippen LogP contribution is -2.47. The molecule has 3 aliphatic rings. The average molecular weight is 688 g/mol. The van der Waals surface area contributed by atoms with Crippen LogP contribution in [-0.4, -0.2) is 86.6 Å². The largest absolute Gasteiger partial charge is 0.490 e. The van der Waals surface area contributed by atoms with Gasteiger partial charge in [0.15, 0.2) is 0 Å². The zero-order valence-corrected chi connectivity index (χ0v) is 27.4. The molecule has 1 aromatic heterocycles. The molecule has 0 spiro atoms. The molecule has 2 heterocycles. The normalized spacial score (nSPS) is 20.5. The Hall–Kier alpha value is -2.96. The van der Waals surface area contributed by atoms with Crippen LogP contribution in [0.15, 0.2) is 54.9 Å². The Labute approximate surface area is 283 Å². The number of ether oxygens (including phenoxy) is 3. The minimum absolute atomic E-state index is 0.0687. The second-order valence-electron chi connectivity index (χ2n) is 12.6. The summed E-state index contributed by atoms with van der Waals surface area (Å²) in [7, 11) is 0. The number of nitrogens with zero attached hydrogens (tertiary/aromatic N) is 2. The van der Waals surface area contributed by atoms with Crippen LogP contribution in [0.2, 0.25) is 10.0 Å². The summed E-state index contributed by atoms with van der Waals surface area (Å²) in [5.74, 6) is 0.877. The summed E-state index contributed by atoms with van der Waals surface area (Å²) in [6.07, 6.45) is 3.61. The second kappa shape index (κ2) is 14.7. The van der Waals surface area contributed by atoms with Crippen molar-refractivity contribution in [1.29, 1.82) is 0 Å². The summed E-state index contributed by atoms with van der Waals surface area (Å²) in [4.78, 5) is 18.1. The smallest absolute Gasteiger partial charge is 0.410 e. The summed E-state index contributed by atoms with van der Waals surface area (Å²) in [6, 6.07) is 13.9. The van der Waals surface area contributed by atoms with E-state index in [0.29, 0.717) is 42.5 Å². The Morgan fingerprint density at radius 3 is 2.51 bits per heavy atom. The molecule has 0 unspecified atom stereocenters. The fourth-order valence-electron chi connectivity index (χ4n) is 5.97. The number of hydrogen-bond donors (Lipinski definition) is 4. The van der Waals surface area contributed by atoms with E-state index in [1.165, 1.54) is 4.90 Å². The van der Waals surface area contributed by atoms with Gasteiger partial charge in [-0.3, -0.25) is 4.98 Å². The van der Waals surface area contributed by atoms with Crippen LogP contribution in [0.5, 0.6) is 5.75 Å². The number of para-hydroxylation sites is 1. The summed E-state index contributed by atoms with van der Waals surface area (Å²) in [5.41, 5.74) is 4.35. The molecule has 4 N–H and O–H groups in total. The molecule has 252 valence electrons. The van der Waals surface area contributed by atoms with Gasteiger partial charge < -0.3 is 39.5 Å². The van der Waals surface area contributed by atoms with E-state index in [2.05, 4.69) is 11.1 Å². The number of cyclic esters (lactones) is 1. The Bertz CT molecular complexity index is 1570. The molecule has 12 heteroatoms. The third-order valence-corrected chi connectivity index (χ3v) is 9.78. The standard InChI is InChI=1S/C35H40Cl2N2O8/c36-27-16-22(28(37)15-21(27)5-3-4-14-39-18-31(47-34(39)44)33(43)32(42)29(41)19-40)20-45-35(11-12-35)26-17-38-13-10-24(26)25-6-1-2-7-30(25)46-23-8-9-23/h1-2,6-7,10,13,15-17,23,29,31-33,40-43H,3-5,8-9,11-12,14,18-20H2/t29-,31+,32-,33-/m1/s1. The molecule has 1 saturated heterocycles. The van der Waals surface area contributed by atoms with E-state index in [9.17, 15) is 20.1 Å². The van der Waals surface area contributed by atoms with E-state index in [1.54, 1.807) is 6.20 Å². The maximum Gasteiger partial charge on any atom is 0.410 e. The van der Waals surface area contributed by atoms with Gasteiger partial charge in [-0.05, 0) is 85.9 Å². The van der Waals surface area contributed by atoms with Crippen LogP contribution in [-0.2, 0) is 28.1 Å². The zero-order valence-electron chi connectivity index (χ0n) is 25.9. The quantitative estimate of drug-likeness (QED) is 0.153. The van der Waals surface area contributed by atoms with Crippen molar-refractivity contribution < 1.29 is 39.4 Å². The van der Waals surface area contributed by atoms with Gasteiger partial charge in [0.05, 0.1) is 31.5 Å². The first kappa shape index (κ1) is 33.9. The van der Waals surface area contributed by atoms with Crippen LogP contribution >= 0.6 is 23.2 Å². The fraction of sp³-hybridized carbons (Fsp3) is 0.486. The Morgan fingerprint density at radius 2 is 1.77 bits per heavy atom. The number of pyridine rings is 1. The first-order valence-electron chi connectivity index (χ1n) is 16.1. The molecule has 2 aliphatic carbocycles. The number of hydrogen-bond acceptors (Lipinski definition) is 9. The average Bonchev–Trinajstić information content (AvgIpc) is 4.02. The summed E-state index contributed by atoms with van der Waals surface area (Å²) in [5, 5.41) is 39.9. The van der Waals surface area contributed by atoms with Gasteiger partial charge in [0.2, 0.25) is 0 Å². The first-order chi connectivity index (χ1) is 22.7. The predicted octanol–water partition coefficient (Wildman–Crippen LogP) is 5.02. The van der Waals surface area contributed by atoms with Gasteiger partial charge in [-0.2, -0.15) is 0 Å². The van der Waals surface area contributed by atoms with Crippen LogP contribution in [0.1, 0.15) is 55.2 Å². The second-order valence-corrected chi connectivity index (χ2v) is 13.4. The SMILES string of the molecule is O=C1O[C@H]([C@@H](O)[C@H](O)[C@H](O)CO)CN1CCCCc1cc(Cl)c(COC2(c3cnccc3-c3ccccc3OC3CC3)CC2)cc1Cl. The number of carbonyl (C=O) groups is 1. The topological polar surface area (TPSA) is 142 Å². The fourth-order valence-corrected chi connectivity index (χ4v) is 6.49. The maximum absolute atomic E-state index is 12.3. The highest BCUT2D eigenvalue weighted by Gasteiger charge is 2.48. The van der Waals surface area contributed by atoms with Crippen molar-refractivity contribution in [2.75, 3.05) is 19.7 Å². The van der Waals surface area contributed by atoms with Crippen molar-refractivity contribution in [2.45, 2.75) is 87.7 Å². The Morgan fingerprint density at radius 1 is 1.02 bits per heavy atom. The molecule has 2 saturated carbocycles. The molecule has 1 aliphatic heterocycles. The number of halogens is 2.